The molecule has 2 aromatic heterocycles. The average Bonchev–Trinajstić information content (AvgIpc) is 3.50. The van der Waals surface area contributed by atoms with Gasteiger partial charge in [-0.15, -0.1) is 10.2 Å². The first-order valence-corrected chi connectivity index (χ1v) is 9.09. The fraction of sp³-hybridized carbons (Fsp3) is 0.500. The van der Waals surface area contributed by atoms with Crippen LogP contribution in [0.2, 0.25) is 0 Å². The molecule has 5 heteroatoms. The topological polar surface area (TPSA) is 65.0 Å². The monoisotopic (exact) mass is 337 g/mol. The fourth-order valence-corrected chi connectivity index (χ4v) is 3.50. The molecule has 0 unspecified atom stereocenters. The Balaban J connectivity index is 1.44. The lowest BCUT2D eigenvalue weighted by molar-refractivity contribution is -0.117. The van der Waals surface area contributed by atoms with Gasteiger partial charge >= 0.3 is 0 Å². The van der Waals surface area contributed by atoms with Gasteiger partial charge in [-0.25, -0.2) is 0 Å². The van der Waals surface area contributed by atoms with E-state index in [1.807, 2.05) is 31.3 Å². The normalized spacial score (nSPS) is 26.2. The second kappa shape index (κ2) is 6.54. The third-order valence-corrected chi connectivity index (χ3v) is 5.37. The van der Waals surface area contributed by atoms with E-state index in [-0.39, 0.29) is 11.5 Å². The molecule has 0 spiro atoms. The van der Waals surface area contributed by atoms with Crippen LogP contribution in [-0.4, -0.2) is 27.6 Å². The van der Waals surface area contributed by atoms with Gasteiger partial charge in [0, 0.05) is 29.2 Å². The Bertz CT molecular complexity index is 748. The number of aldehydes is 1. The Morgan fingerprint density at radius 2 is 1.92 bits per heavy atom. The Kier molecular flexibility index (Phi) is 4.24. The SMILES string of the molecule is CC1(C=O)CCC(Oc2ccc(-c3cccnc3C3CC3)nn2)CC1. The number of pyridine rings is 1. The summed E-state index contributed by atoms with van der Waals surface area (Å²) in [5.74, 6) is 1.13. The van der Waals surface area contributed by atoms with Crippen LogP contribution in [0, 0.1) is 5.41 Å². The van der Waals surface area contributed by atoms with Crippen LogP contribution in [0.25, 0.3) is 11.3 Å². The molecule has 2 aliphatic carbocycles. The van der Waals surface area contributed by atoms with Crippen LogP contribution >= 0.6 is 0 Å². The lowest BCUT2D eigenvalue weighted by Gasteiger charge is -2.32. The van der Waals surface area contributed by atoms with Gasteiger partial charge in [0.25, 0.3) is 0 Å². The molecule has 0 aromatic carbocycles. The zero-order chi connectivity index (χ0) is 17.3. The minimum Gasteiger partial charge on any atom is -0.473 e. The molecule has 0 atom stereocenters. The van der Waals surface area contributed by atoms with Crippen LogP contribution in [0.15, 0.2) is 30.5 Å². The fourth-order valence-electron chi connectivity index (χ4n) is 3.50. The van der Waals surface area contributed by atoms with Crippen LogP contribution in [0.5, 0.6) is 5.88 Å². The van der Waals surface area contributed by atoms with Crippen molar-refractivity contribution in [2.45, 2.75) is 57.5 Å². The number of ether oxygens (including phenoxy) is 1. The van der Waals surface area contributed by atoms with Crippen LogP contribution in [0.3, 0.4) is 0 Å². The molecular formula is C20H23N3O2. The first-order chi connectivity index (χ1) is 12.2. The molecule has 0 bridgehead atoms. The largest absolute Gasteiger partial charge is 0.473 e. The van der Waals surface area contributed by atoms with E-state index in [0.717, 1.165) is 48.9 Å². The lowest BCUT2D eigenvalue weighted by Crippen LogP contribution is -2.31. The van der Waals surface area contributed by atoms with Gasteiger partial charge in [0.15, 0.2) is 0 Å². The third-order valence-electron chi connectivity index (χ3n) is 5.37. The van der Waals surface area contributed by atoms with Gasteiger partial charge in [-0.05, 0) is 56.7 Å². The van der Waals surface area contributed by atoms with Gasteiger partial charge in [0.1, 0.15) is 12.4 Å². The van der Waals surface area contributed by atoms with Gasteiger partial charge in [-0.2, -0.15) is 0 Å². The molecule has 2 fully saturated rings. The van der Waals surface area contributed by atoms with E-state index in [4.69, 9.17) is 4.74 Å². The number of hydrogen-bond acceptors (Lipinski definition) is 5. The molecule has 25 heavy (non-hydrogen) atoms. The molecular weight excluding hydrogens is 314 g/mol. The second-order valence-corrected chi connectivity index (χ2v) is 7.56. The zero-order valence-corrected chi connectivity index (χ0v) is 14.5. The summed E-state index contributed by atoms with van der Waals surface area (Å²) in [5, 5.41) is 8.62. The van der Waals surface area contributed by atoms with Gasteiger partial charge in [-0.1, -0.05) is 6.92 Å². The Morgan fingerprint density at radius 1 is 1.12 bits per heavy atom. The van der Waals surface area contributed by atoms with Gasteiger partial charge in [0.05, 0.1) is 11.4 Å². The van der Waals surface area contributed by atoms with Crippen molar-refractivity contribution in [2.75, 3.05) is 0 Å². The van der Waals surface area contributed by atoms with Crippen LogP contribution < -0.4 is 4.74 Å². The zero-order valence-electron chi connectivity index (χ0n) is 14.5. The number of hydrogen-bond donors (Lipinski definition) is 0. The maximum atomic E-state index is 11.1. The van der Waals surface area contributed by atoms with Crippen molar-refractivity contribution >= 4 is 6.29 Å². The highest BCUT2D eigenvalue weighted by Crippen LogP contribution is 2.42. The molecule has 2 heterocycles. The molecule has 2 saturated carbocycles. The third kappa shape index (κ3) is 3.55. The highest BCUT2D eigenvalue weighted by Gasteiger charge is 2.32. The predicted molar refractivity (Wildman–Crippen MR) is 94.3 cm³/mol. The van der Waals surface area contributed by atoms with Crippen LogP contribution in [0.4, 0.5) is 0 Å². The molecule has 0 radical (unpaired) electrons. The van der Waals surface area contributed by atoms with Crippen molar-refractivity contribution in [1.82, 2.24) is 15.2 Å². The van der Waals surface area contributed by atoms with E-state index in [0.29, 0.717) is 11.8 Å². The lowest BCUT2D eigenvalue weighted by atomic mass is 9.76. The van der Waals surface area contributed by atoms with E-state index in [1.54, 1.807) is 0 Å². The molecule has 4 rings (SSSR count). The van der Waals surface area contributed by atoms with Gasteiger partial charge < -0.3 is 9.53 Å². The van der Waals surface area contributed by atoms with Gasteiger partial charge in [-0.3, -0.25) is 4.98 Å². The van der Waals surface area contributed by atoms with E-state index >= 15 is 0 Å². The number of nitrogens with zero attached hydrogens (tertiary/aromatic N) is 3. The van der Waals surface area contributed by atoms with E-state index in [9.17, 15) is 4.79 Å². The number of carbonyl (C=O) groups is 1. The summed E-state index contributed by atoms with van der Waals surface area (Å²) in [6.45, 7) is 2.02. The molecule has 2 aromatic rings. The Morgan fingerprint density at radius 3 is 2.56 bits per heavy atom. The summed E-state index contributed by atoms with van der Waals surface area (Å²) in [5.41, 5.74) is 2.86. The first kappa shape index (κ1) is 16.2. The highest BCUT2D eigenvalue weighted by molar-refractivity contribution is 5.62. The van der Waals surface area contributed by atoms with Crippen molar-refractivity contribution < 1.29 is 9.53 Å². The Labute approximate surface area is 147 Å². The molecule has 0 saturated heterocycles. The van der Waals surface area contributed by atoms with Crippen molar-refractivity contribution in [3.63, 3.8) is 0 Å². The molecule has 0 aliphatic heterocycles. The molecule has 130 valence electrons. The molecule has 5 nitrogen and oxygen atoms in total. The molecule has 2 aliphatic rings. The summed E-state index contributed by atoms with van der Waals surface area (Å²) < 4.78 is 5.97. The van der Waals surface area contributed by atoms with E-state index in [2.05, 4.69) is 21.2 Å². The summed E-state index contributed by atoms with van der Waals surface area (Å²) in [4.78, 5) is 15.7. The highest BCUT2D eigenvalue weighted by atomic mass is 16.5. The van der Waals surface area contributed by atoms with Crippen molar-refractivity contribution in [1.29, 1.82) is 0 Å². The standard InChI is InChI=1S/C20H23N3O2/c1-20(13-24)10-8-15(9-11-20)25-18-7-6-17(22-23-18)16-3-2-12-21-19(16)14-4-5-14/h2-3,6-7,12-15H,4-5,8-11H2,1H3. The summed E-state index contributed by atoms with van der Waals surface area (Å²) in [7, 11) is 0. The minimum absolute atomic E-state index is 0.119. The second-order valence-electron chi connectivity index (χ2n) is 7.56. The first-order valence-electron chi connectivity index (χ1n) is 9.09. The van der Waals surface area contributed by atoms with Gasteiger partial charge in [0.2, 0.25) is 5.88 Å². The Hall–Kier alpha value is -2.30. The predicted octanol–water partition coefficient (Wildman–Crippen LogP) is 3.94. The van der Waals surface area contributed by atoms with Crippen molar-refractivity contribution in [3.8, 4) is 17.1 Å². The average molecular weight is 337 g/mol. The van der Waals surface area contributed by atoms with Crippen molar-refractivity contribution in [2.24, 2.45) is 5.41 Å². The minimum atomic E-state index is -0.186. The smallest absolute Gasteiger partial charge is 0.233 e. The van der Waals surface area contributed by atoms with Crippen LogP contribution in [0.1, 0.15) is 57.1 Å². The summed E-state index contributed by atoms with van der Waals surface area (Å²) >= 11 is 0. The van der Waals surface area contributed by atoms with Crippen molar-refractivity contribution in [3.05, 3.63) is 36.2 Å². The quantitative estimate of drug-likeness (QED) is 0.773. The maximum absolute atomic E-state index is 11.1. The van der Waals surface area contributed by atoms with Crippen LogP contribution in [-0.2, 0) is 4.79 Å². The number of rotatable bonds is 5. The maximum Gasteiger partial charge on any atom is 0.233 e. The molecule has 0 N–H and O–H groups in total. The number of aromatic nitrogens is 3. The van der Waals surface area contributed by atoms with E-state index < -0.39 is 0 Å². The summed E-state index contributed by atoms with van der Waals surface area (Å²) in [6, 6.07) is 7.86. The summed E-state index contributed by atoms with van der Waals surface area (Å²) in [6.07, 6.45) is 8.97. The number of carbonyl (C=O) groups excluding carboxylic acids is 1. The molecule has 0 amide bonds. The van der Waals surface area contributed by atoms with E-state index in [1.165, 1.54) is 12.8 Å².